The summed E-state index contributed by atoms with van der Waals surface area (Å²) in [6, 6.07) is 6.65. The van der Waals surface area contributed by atoms with Crippen molar-refractivity contribution in [2.45, 2.75) is 19.8 Å². The lowest BCUT2D eigenvalue weighted by Gasteiger charge is -1.99. The van der Waals surface area contributed by atoms with E-state index < -0.39 is 5.97 Å². The summed E-state index contributed by atoms with van der Waals surface area (Å²) < 4.78 is 1.75. The van der Waals surface area contributed by atoms with Gasteiger partial charge in [-0.05, 0) is 12.1 Å². The van der Waals surface area contributed by atoms with E-state index in [4.69, 9.17) is 5.11 Å². The number of rotatable bonds is 3. The number of aromatic carboxylic acids is 1. The second kappa shape index (κ2) is 4.68. The summed E-state index contributed by atoms with van der Waals surface area (Å²) in [7, 11) is 0. The van der Waals surface area contributed by atoms with Crippen molar-refractivity contribution in [2.24, 2.45) is 0 Å². The average Bonchev–Trinajstić information content (AvgIpc) is 2.97. The van der Waals surface area contributed by atoms with Crippen molar-refractivity contribution in [1.82, 2.24) is 19.8 Å². The van der Waals surface area contributed by atoms with Gasteiger partial charge in [-0.2, -0.15) is 9.61 Å². The molecule has 0 saturated carbocycles. The average molecular weight is 288 g/mol. The Hall–Kier alpha value is -2.28. The normalized spacial score (nSPS) is 11.3. The number of carboxylic acids is 1. The van der Waals surface area contributed by atoms with Crippen LogP contribution in [0.4, 0.5) is 0 Å². The second-order valence-electron chi connectivity index (χ2n) is 4.70. The van der Waals surface area contributed by atoms with Crippen LogP contribution in [0.5, 0.6) is 0 Å². The molecule has 2 aromatic heterocycles. The quantitative estimate of drug-likeness (QED) is 0.801. The summed E-state index contributed by atoms with van der Waals surface area (Å²) in [5.74, 6) is 0.135. The molecular weight excluding hydrogens is 276 g/mol. The molecule has 2 heterocycles. The Morgan fingerprint density at radius 2 is 1.95 bits per heavy atom. The molecule has 0 bridgehead atoms. The van der Waals surface area contributed by atoms with E-state index in [0.29, 0.717) is 0 Å². The summed E-state index contributed by atoms with van der Waals surface area (Å²) in [5, 5.41) is 22.4. The van der Waals surface area contributed by atoms with E-state index in [1.165, 1.54) is 11.3 Å². The molecular formula is C13H12N4O2S. The van der Waals surface area contributed by atoms with Crippen molar-refractivity contribution in [3.63, 3.8) is 0 Å². The van der Waals surface area contributed by atoms with Crippen LogP contribution in [0, 0.1) is 0 Å². The van der Waals surface area contributed by atoms with Gasteiger partial charge < -0.3 is 5.11 Å². The number of hydrogen-bond acceptors (Lipinski definition) is 5. The van der Waals surface area contributed by atoms with Crippen LogP contribution in [0.1, 0.15) is 35.9 Å². The molecule has 0 spiro atoms. The second-order valence-corrected chi connectivity index (χ2v) is 5.65. The van der Waals surface area contributed by atoms with Gasteiger partial charge in [-0.25, -0.2) is 4.79 Å². The van der Waals surface area contributed by atoms with Gasteiger partial charge in [0.15, 0.2) is 5.82 Å². The minimum absolute atomic E-state index is 0.245. The van der Waals surface area contributed by atoms with E-state index in [9.17, 15) is 4.79 Å². The molecule has 0 fully saturated rings. The highest BCUT2D eigenvalue weighted by Gasteiger charge is 2.15. The number of aromatic nitrogens is 4. The van der Waals surface area contributed by atoms with Crippen LogP contribution in [-0.2, 0) is 0 Å². The third-order valence-corrected chi connectivity index (χ3v) is 3.86. The molecule has 6 nitrogen and oxygen atoms in total. The summed E-state index contributed by atoms with van der Waals surface area (Å²) in [6.07, 6.45) is 0. The number of fused-ring (bicyclic) bond motifs is 1. The molecule has 7 heteroatoms. The molecule has 3 rings (SSSR count). The van der Waals surface area contributed by atoms with Gasteiger partial charge in [-0.15, -0.1) is 10.2 Å². The Bertz CT molecular complexity index is 773. The zero-order valence-corrected chi connectivity index (χ0v) is 11.8. The van der Waals surface area contributed by atoms with E-state index in [0.717, 1.165) is 21.4 Å². The lowest BCUT2D eigenvalue weighted by atomic mass is 10.1. The molecule has 0 aliphatic carbocycles. The van der Waals surface area contributed by atoms with Gasteiger partial charge in [0.25, 0.3) is 0 Å². The maximum Gasteiger partial charge on any atom is 0.335 e. The fourth-order valence-corrected chi connectivity index (χ4v) is 2.72. The van der Waals surface area contributed by atoms with Crippen LogP contribution in [0.25, 0.3) is 15.5 Å². The van der Waals surface area contributed by atoms with E-state index in [1.54, 1.807) is 28.8 Å². The Morgan fingerprint density at radius 1 is 1.25 bits per heavy atom. The molecule has 0 radical (unpaired) electrons. The van der Waals surface area contributed by atoms with Crippen LogP contribution >= 0.6 is 11.3 Å². The maximum atomic E-state index is 10.8. The van der Waals surface area contributed by atoms with Crippen LogP contribution in [0.2, 0.25) is 0 Å². The molecule has 0 amide bonds. The number of nitrogens with zero attached hydrogens (tertiary/aromatic N) is 4. The predicted octanol–water partition coefficient (Wildman–Crippen LogP) is 2.67. The van der Waals surface area contributed by atoms with E-state index in [-0.39, 0.29) is 11.5 Å². The largest absolute Gasteiger partial charge is 0.478 e. The highest BCUT2D eigenvalue weighted by molar-refractivity contribution is 7.19. The summed E-state index contributed by atoms with van der Waals surface area (Å²) in [5.41, 5.74) is 1.14. The first-order chi connectivity index (χ1) is 9.56. The SMILES string of the molecule is CC(C)c1nnc2sc(-c3ccc(C(=O)O)cc3)nn12. The molecule has 0 atom stereocenters. The van der Waals surface area contributed by atoms with Gasteiger partial charge in [-0.3, -0.25) is 0 Å². The standard InChI is InChI=1S/C13H12N4O2S/c1-7(2)10-14-15-13-17(10)16-11(20-13)8-3-5-9(6-4-8)12(18)19/h3-7H,1-2H3,(H,18,19). The molecule has 1 N–H and O–H groups in total. The van der Waals surface area contributed by atoms with Crippen molar-refractivity contribution in [3.05, 3.63) is 35.7 Å². The molecule has 102 valence electrons. The van der Waals surface area contributed by atoms with Gasteiger partial charge in [-0.1, -0.05) is 37.3 Å². The van der Waals surface area contributed by atoms with Gasteiger partial charge in [0, 0.05) is 11.5 Å². The van der Waals surface area contributed by atoms with Crippen molar-refractivity contribution in [1.29, 1.82) is 0 Å². The number of hydrogen-bond donors (Lipinski definition) is 1. The third kappa shape index (κ3) is 2.05. The highest BCUT2D eigenvalue weighted by atomic mass is 32.1. The third-order valence-electron chi connectivity index (χ3n) is 2.91. The highest BCUT2D eigenvalue weighted by Crippen LogP contribution is 2.27. The molecule has 0 saturated heterocycles. The molecule has 0 unspecified atom stereocenters. The molecule has 20 heavy (non-hydrogen) atoms. The van der Waals surface area contributed by atoms with Crippen molar-refractivity contribution < 1.29 is 9.90 Å². The number of carboxylic acid groups (broad SMARTS) is 1. The molecule has 0 aliphatic rings. The van der Waals surface area contributed by atoms with Crippen molar-refractivity contribution in [3.8, 4) is 10.6 Å². The van der Waals surface area contributed by atoms with Crippen LogP contribution in [0.15, 0.2) is 24.3 Å². The summed E-state index contributed by atoms with van der Waals surface area (Å²) in [4.78, 5) is 11.6. The number of benzene rings is 1. The Labute approximate surface area is 118 Å². The fraction of sp³-hybridized carbons (Fsp3) is 0.231. The lowest BCUT2D eigenvalue weighted by Crippen LogP contribution is -1.98. The Morgan fingerprint density at radius 3 is 2.55 bits per heavy atom. The van der Waals surface area contributed by atoms with Gasteiger partial charge >= 0.3 is 5.97 Å². The van der Waals surface area contributed by atoms with Crippen molar-refractivity contribution in [2.75, 3.05) is 0 Å². The van der Waals surface area contributed by atoms with Gasteiger partial charge in [0.05, 0.1) is 5.56 Å². The first kappa shape index (κ1) is 12.7. The van der Waals surface area contributed by atoms with E-state index >= 15 is 0 Å². The molecule has 0 aliphatic heterocycles. The zero-order valence-electron chi connectivity index (χ0n) is 10.9. The topological polar surface area (TPSA) is 80.4 Å². The Kier molecular flexibility index (Phi) is 2.98. The Balaban J connectivity index is 2.03. The zero-order chi connectivity index (χ0) is 14.3. The van der Waals surface area contributed by atoms with Crippen LogP contribution < -0.4 is 0 Å². The smallest absolute Gasteiger partial charge is 0.335 e. The van der Waals surface area contributed by atoms with Crippen molar-refractivity contribution >= 4 is 22.3 Å². The lowest BCUT2D eigenvalue weighted by molar-refractivity contribution is 0.0697. The first-order valence-corrected chi connectivity index (χ1v) is 6.94. The summed E-state index contributed by atoms with van der Waals surface area (Å²) in [6.45, 7) is 4.08. The molecule has 3 aromatic rings. The summed E-state index contributed by atoms with van der Waals surface area (Å²) >= 11 is 1.43. The van der Waals surface area contributed by atoms with Gasteiger partial charge in [0.2, 0.25) is 4.96 Å². The maximum absolute atomic E-state index is 10.8. The fourth-order valence-electron chi connectivity index (χ4n) is 1.86. The first-order valence-electron chi connectivity index (χ1n) is 6.12. The van der Waals surface area contributed by atoms with Crippen LogP contribution in [-0.4, -0.2) is 30.9 Å². The van der Waals surface area contributed by atoms with Gasteiger partial charge in [0.1, 0.15) is 5.01 Å². The molecule has 1 aromatic carbocycles. The van der Waals surface area contributed by atoms with Crippen LogP contribution in [0.3, 0.4) is 0 Å². The van der Waals surface area contributed by atoms with E-state index in [2.05, 4.69) is 15.3 Å². The monoisotopic (exact) mass is 288 g/mol. The number of carbonyl (C=O) groups is 1. The van der Waals surface area contributed by atoms with E-state index in [1.807, 2.05) is 13.8 Å². The minimum Gasteiger partial charge on any atom is -0.478 e. The minimum atomic E-state index is -0.934. The predicted molar refractivity (Wildman–Crippen MR) is 75.1 cm³/mol.